The molecule has 0 radical (unpaired) electrons. The number of piperidine rings is 1. The lowest BCUT2D eigenvalue weighted by atomic mass is 10.1. The fourth-order valence-electron chi connectivity index (χ4n) is 3.22. The number of anilines is 2. The van der Waals surface area contributed by atoms with E-state index in [2.05, 4.69) is 25.0 Å². The van der Waals surface area contributed by atoms with Crippen molar-refractivity contribution in [1.82, 2.24) is 14.8 Å². The van der Waals surface area contributed by atoms with Crippen molar-refractivity contribution in [3.8, 4) is 0 Å². The lowest BCUT2D eigenvalue weighted by Gasteiger charge is -2.27. The van der Waals surface area contributed by atoms with E-state index in [1.165, 1.54) is 42.4 Å². The number of hydrogen-bond donors (Lipinski definition) is 2. The fourth-order valence-corrected chi connectivity index (χ4v) is 4.83. The number of nitrogens with one attached hydrogen (secondary N) is 1. The SMILES string of the molecule is NC(=O)c1ccsc1NC(=O)CSc1nnc(N2CCCCC2)n1C1CC1. The Balaban J connectivity index is 1.42. The van der Waals surface area contributed by atoms with Crippen LogP contribution in [0.25, 0.3) is 0 Å². The second-order valence-electron chi connectivity index (χ2n) is 6.80. The molecule has 0 atom stereocenters. The number of hydrogen-bond acceptors (Lipinski definition) is 7. The van der Waals surface area contributed by atoms with E-state index in [-0.39, 0.29) is 11.7 Å². The number of thioether (sulfide) groups is 1. The quantitative estimate of drug-likeness (QED) is 0.684. The Bertz CT molecular complexity index is 838. The van der Waals surface area contributed by atoms with Gasteiger partial charge in [0.25, 0.3) is 5.91 Å². The molecule has 10 heteroatoms. The molecule has 0 spiro atoms. The Labute approximate surface area is 165 Å². The van der Waals surface area contributed by atoms with Crippen molar-refractivity contribution in [2.45, 2.75) is 43.3 Å². The molecule has 0 bridgehead atoms. The van der Waals surface area contributed by atoms with Crippen molar-refractivity contribution >= 4 is 45.9 Å². The summed E-state index contributed by atoms with van der Waals surface area (Å²) in [5.74, 6) is 0.420. The fraction of sp³-hybridized carbons (Fsp3) is 0.529. The molecule has 3 heterocycles. The Morgan fingerprint density at radius 3 is 2.74 bits per heavy atom. The van der Waals surface area contributed by atoms with Gasteiger partial charge in [-0.05, 0) is 43.6 Å². The molecule has 2 amide bonds. The first kappa shape index (κ1) is 18.3. The van der Waals surface area contributed by atoms with Crippen LogP contribution >= 0.6 is 23.1 Å². The molecule has 144 valence electrons. The number of nitrogens with two attached hydrogens (primary N) is 1. The van der Waals surface area contributed by atoms with Gasteiger partial charge < -0.3 is 16.0 Å². The zero-order chi connectivity index (χ0) is 18.8. The van der Waals surface area contributed by atoms with E-state index in [1.54, 1.807) is 11.4 Å². The lowest BCUT2D eigenvalue weighted by Crippen LogP contribution is -2.32. The molecule has 3 N–H and O–H groups in total. The average Bonchev–Trinajstić information content (AvgIpc) is 3.24. The molecular formula is C17H22N6O2S2. The third-order valence-electron chi connectivity index (χ3n) is 4.71. The monoisotopic (exact) mass is 406 g/mol. The summed E-state index contributed by atoms with van der Waals surface area (Å²) in [7, 11) is 0. The Kier molecular flexibility index (Phi) is 5.35. The van der Waals surface area contributed by atoms with E-state index >= 15 is 0 Å². The maximum atomic E-state index is 12.3. The van der Waals surface area contributed by atoms with Gasteiger partial charge in [-0.1, -0.05) is 11.8 Å². The smallest absolute Gasteiger partial charge is 0.251 e. The van der Waals surface area contributed by atoms with Gasteiger partial charge in [0.05, 0.1) is 11.3 Å². The van der Waals surface area contributed by atoms with Gasteiger partial charge in [-0.25, -0.2) is 0 Å². The van der Waals surface area contributed by atoms with Gasteiger partial charge in [0.1, 0.15) is 5.00 Å². The van der Waals surface area contributed by atoms with Crippen molar-refractivity contribution in [2.24, 2.45) is 5.73 Å². The summed E-state index contributed by atoms with van der Waals surface area (Å²) in [5.41, 5.74) is 5.66. The highest BCUT2D eigenvalue weighted by atomic mass is 32.2. The van der Waals surface area contributed by atoms with Crippen molar-refractivity contribution in [3.63, 3.8) is 0 Å². The minimum Gasteiger partial charge on any atom is -0.366 e. The number of rotatable bonds is 7. The Morgan fingerprint density at radius 1 is 1.26 bits per heavy atom. The van der Waals surface area contributed by atoms with Crippen molar-refractivity contribution in [3.05, 3.63) is 17.0 Å². The van der Waals surface area contributed by atoms with E-state index in [0.717, 1.165) is 37.0 Å². The van der Waals surface area contributed by atoms with Crippen LogP contribution in [-0.4, -0.2) is 45.4 Å². The molecule has 1 aliphatic heterocycles. The lowest BCUT2D eigenvalue weighted by molar-refractivity contribution is -0.113. The number of primary amides is 1. The molecular weight excluding hydrogens is 384 g/mol. The maximum absolute atomic E-state index is 12.3. The molecule has 8 nitrogen and oxygen atoms in total. The highest BCUT2D eigenvalue weighted by Gasteiger charge is 2.32. The molecule has 4 rings (SSSR count). The third kappa shape index (κ3) is 4.11. The third-order valence-corrected chi connectivity index (χ3v) is 6.49. The highest BCUT2D eigenvalue weighted by Crippen LogP contribution is 2.41. The zero-order valence-electron chi connectivity index (χ0n) is 14.9. The minimum atomic E-state index is -0.543. The molecule has 0 aromatic carbocycles. The molecule has 1 saturated carbocycles. The first-order chi connectivity index (χ1) is 13.1. The second-order valence-corrected chi connectivity index (χ2v) is 8.65. The van der Waals surface area contributed by atoms with Crippen LogP contribution in [0.1, 0.15) is 48.5 Å². The predicted molar refractivity (Wildman–Crippen MR) is 107 cm³/mol. The van der Waals surface area contributed by atoms with Crippen molar-refractivity contribution < 1.29 is 9.59 Å². The van der Waals surface area contributed by atoms with Crippen molar-refractivity contribution in [2.75, 3.05) is 29.1 Å². The predicted octanol–water partition coefficient (Wildman–Crippen LogP) is 2.49. The summed E-state index contributed by atoms with van der Waals surface area (Å²) >= 11 is 2.67. The van der Waals surface area contributed by atoms with Crippen LogP contribution in [0, 0.1) is 0 Å². The van der Waals surface area contributed by atoms with Gasteiger partial charge in [-0.2, -0.15) is 0 Å². The van der Waals surface area contributed by atoms with Gasteiger partial charge in [0.15, 0.2) is 5.16 Å². The van der Waals surface area contributed by atoms with Crippen LogP contribution in [0.3, 0.4) is 0 Å². The normalized spacial score (nSPS) is 17.1. The Hall–Kier alpha value is -2.07. The minimum absolute atomic E-state index is 0.185. The topological polar surface area (TPSA) is 106 Å². The highest BCUT2D eigenvalue weighted by molar-refractivity contribution is 7.99. The molecule has 2 aliphatic rings. The van der Waals surface area contributed by atoms with Gasteiger partial charge in [-0.15, -0.1) is 21.5 Å². The number of nitrogens with zero attached hydrogens (tertiary/aromatic N) is 4. The summed E-state index contributed by atoms with van der Waals surface area (Å²) in [5, 5.41) is 14.5. The zero-order valence-corrected chi connectivity index (χ0v) is 16.5. The van der Waals surface area contributed by atoms with E-state index < -0.39 is 5.91 Å². The van der Waals surface area contributed by atoms with E-state index in [0.29, 0.717) is 16.6 Å². The standard InChI is InChI=1S/C17H22N6O2S2/c18-14(25)12-6-9-26-15(12)19-13(24)10-27-17-21-20-16(23(17)11-4-5-11)22-7-2-1-3-8-22/h6,9,11H,1-5,7-8,10H2,(H2,18,25)(H,19,24). The largest absolute Gasteiger partial charge is 0.366 e. The van der Waals surface area contributed by atoms with Crippen molar-refractivity contribution in [1.29, 1.82) is 0 Å². The van der Waals surface area contributed by atoms with Crippen LogP contribution in [0.5, 0.6) is 0 Å². The Morgan fingerprint density at radius 2 is 2.04 bits per heavy atom. The van der Waals surface area contributed by atoms with Gasteiger partial charge in [0, 0.05) is 19.1 Å². The van der Waals surface area contributed by atoms with Crippen LogP contribution in [0.15, 0.2) is 16.6 Å². The van der Waals surface area contributed by atoms with Crippen LogP contribution in [-0.2, 0) is 4.79 Å². The summed E-state index contributed by atoms with van der Waals surface area (Å²) in [6.45, 7) is 2.04. The molecule has 0 unspecified atom stereocenters. The molecule has 2 aromatic heterocycles. The van der Waals surface area contributed by atoms with Gasteiger partial charge in [-0.3, -0.25) is 14.2 Å². The van der Waals surface area contributed by atoms with Crippen LogP contribution < -0.4 is 16.0 Å². The first-order valence-electron chi connectivity index (χ1n) is 9.13. The number of thiophene rings is 1. The van der Waals surface area contributed by atoms with Crippen LogP contribution in [0.4, 0.5) is 10.9 Å². The first-order valence-corrected chi connectivity index (χ1v) is 11.0. The summed E-state index contributed by atoms with van der Waals surface area (Å²) in [6, 6.07) is 2.06. The summed E-state index contributed by atoms with van der Waals surface area (Å²) in [4.78, 5) is 26.0. The summed E-state index contributed by atoms with van der Waals surface area (Å²) in [6.07, 6.45) is 5.91. The molecule has 27 heavy (non-hydrogen) atoms. The van der Waals surface area contributed by atoms with E-state index in [9.17, 15) is 9.59 Å². The van der Waals surface area contributed by atoms with E-state index in [4.69, 9.17) is 5.73 Å². The van der Waals surface area contributed by atoms with Crippen LogP contribution in [0.2, 0.25) is 0 Å². The second kappa shape index (κ2) is 7.89. The molecule has 2 fully saturated rings. The van der Waals surface area contributed by atoms with Gasteiger partial charge >= 0.3 is 0 Å². The molecule has 1 aliphatic carbocycles. The molecule has 1 saturated heterocycles. The molecule has 2 aromatic rings. The number of carbonyl (C=O) groups is 2. The van der Waals surface area contributed by atoms with E-state index in [1.807, 2.05) is 0 Å². The number of carbonyl (C=O) groups excluding carboxylic acids is 2. The summed E-state index contributed by atoms with van der Waals surface area (Å²) < 4.78 is 2.20. The van der Waals surface area contributed by atoms with Gasteiger partial charge in [0.2, 0.25) is 11.9 Å². The average molecular weight is 407 g/mol. The maximum Gasteiger partial charge on any atom is 0.251 e. The number of aromatic nitrogens is 3. The number of amides is 2.